The summed E-state index contributed by atoms with van der Waals surface area (Å²) in [6.45, 7) is 2.69. The molecule has 2 atom stereocenters. The van der Waals surface area contributed by atoms with Crippen LogP contribution >= 0.6 is 0 Å². The summed E-state index contributed by atoms with van der Waals surface area (Å²) < 4.78 is 0. The van der Waals surface area contributed by atoms with Crippen LogP contribution in [0.2, 0.25) is 0 Å². The van der Waals surface area contributed by atoms with Crippen molar-refractivity contribution in [1.29, 1.82) is 0 Å². The number of rotatable bonds is 3. The Balaban J connectivity index is 1.75. The number of phenols is 1. The number of aromatic hydroxyl groups is 1. The SMILES string of the molecule is C[C@H](NC(=O)N1CCCCC[C@H]1c1ccncc1)c1cccc(O)c1. The first-order valence-electron chi connectivity index (χ1n) is 8.91. The highest BCUT2D eigenvalue weighted by molar-refractivity contribution is 5.75. The van der Waals surface area contributed by atoms with Crippen LogP contribution < -0.4 is 5.32 Å². The minimum absolute atomic E-state index is 0.0560. The highest BCUT2D eigenvalue weighted by atomic mass is 16.3. The zero-order chi connectivity index (χ0) is 17.6. The summed E-state index contributed by atoms with van der Waals surface area (Å²) in [6.07, 6.45) is 7.83. The average molecular weight is 339 g/mol. The van der Waals surface area contributed by atoms with E-state index in [1.54, 1.807) is 30.6 Å². The summed E-state index contributed by atoms with van der Waals surface area (Å²) >= 11 is 0. The molecule has 132 valence electrons. The van der Waals surface area contributed by atoms with E-state index in [2.05, 4.69) is 10.3 Å². The number of phenolic OH excluding ortho intramolecular Hbond substituents is 1. The van der Waals surface area contributed by atoms with Gasteiger partial charge in [-0.05, 0) is 55.2 Å². The zero-order valence-corrected chi connectivity index (χ0v) is 14.6. The van der Waals surface area contributed by atoms with Gasteiger partial charge in [-0.1, -0.05) is 25.0 Å². The quantitative estimate of drug-likeness (QED) is 0.882. The molecule has 2 heterocycles. The number of hydrogen-bond acceptors (Lipinski definition) is 3. The van der Waals surface area contributed by atoms with Gasteiger partial charge in [0, 0.05) is 18.9 Å². The third-order valence-corrected chi connectivity index (χ3v) is 4.81. The lowest BCUT2D eigenvalue weighted by Crippen LogP contribution is -2.43. The molecule has 0 spiro atoms. The van der Waals surface area contributed by atoms with Crippen molar-refractivity contribution >= 4 is 6.03 Å². The predicted molar refractivity (Wildman–Crippen MR) is 97.2 cm³/mol. The molecule has 0 saturated carbocycles. The molecule has 0 radical (unpaired) electrons. The topological polar surface area (TPSA) is 65.5 Å². The highest BCUT2D eigenvalue weighted by Gasteiger charge is 2.27. The van der Waals surface area contributed by atoms with Gasteiger partial charge in [0.15, 0.2) is 0 Å². The van der Waals surface area contributed by atoms with E-state index < -0.39 is 0 Å². The number of benzene rings is 1. The Morgan fingerprint density at radius 2 is 2.04 bits per heavy atom. The fourth-order valence-corrected chi connectivity index (χ4v) is 3.43. The van der Waals surface area contributed by atoms with E-state index in [9.17, 15) is 9.90 Å². The van der Waals surface area contributed by atoms with Crippen LogP contribution in [0.3, 0.4) is 0 Å². The van der Waals surface area contributed by atoms with Crippen molar-refractivity contribution in [2.45, 2.75) is 44.7 Å². The molecule has 1 fully saturated rings. The molecule has 1 aromatic heterocycles. The third kappa shape index (κ3) is 4.29. The standard InChI is InChI=1S/C20H25N3O2/c1-15(17-6-5-7-18(24)14-17)22-20(25)23-13-4-2-3-8-19(23)16-9-11-21-12-10-16/h5-7,9-12,14-15,19,24H,2-4,8,13H2,1H3,(H,22,25)/t15-,19-/m0/s1. The van der Waals surface area contributed by atoms with Crippen LogP contribution in [0.4, 0.5) is 4.79 Å². The van der Waals surface area contributed by atoms with Gasteiger partial charge in [-0.2, -0.15) is 0 Å². The summed E-state index contributed by atoms with van der Waals surface area (Å²) in [5.41, 5.74) is 2.03. The van der Waals surface area contributed by atoms with Gasteiger partial charge in [0.1, 0.15) is 5.75 Å². The molecule has 5 nitrogen and oxygen atoms in total. The maximum Gasteiger partial charge on any atom is 0.318 e. The molecule has 0 bridgehead atoms. The van der Waals surface area contributed by atoms with Gasteiger partial charge in [0.2, 0.25) is 0 Å². The third-order valence-electron chi connectivity index (χ3n) is 4.81. The summed E-state index contributed by atoms with van der Waals surface area (Å²) in [6, 6.07) is 10.9. The highest BCUT2D eigenvalue weighted by Crippen LogP contribution is 2.30. The van der Waals surface area contributed by atoms with Gasteiger partial charge in [-0.15, -0.1) is 0 Å². The first kappa shape index (κ1) is 17.3. The van der Waals surface area contributed by atoms with E-state index in [0.717, 1.165) is 43.4 Å². The van der Waals surface area contributed by atoms with Crippen molar-refractivity contribution in [2.75, 3.05) is 6.54 Å². The van der Waals surface area contributed by atoms with E-state index in [1.807, 2.05) is 30.0 Å². The lowest BCUT2D eigenvalue weighted by Gasteiger charge is -2.31. The smallest absolute Gasteiger partial charge is 0.318 e. The molecule has 5 heteroatoms. The molecular weight excluding hydrogens is 314 g/mol. The van der Waals surface area contributed by atoms with E-state index >= 15 is 0 Å². The number of pyridine rings is 1. The molecule has 3 rings (SSSR count). The maximum absolute atomic E-state index is 12.9. The van der Waals surface area contributed by atoms with Crippen LogP contribution in [0.25, 0.3) is 0 Å². The minimum Gasteiger partial charge on any atom is -0.508 e. The van der Waals surface area contributed by atoms with Crippen LogP contribution in [0.1, 0.15) is 55.8 Å². The van der Waals surface area contributed by atoms with Gasteiger partial charge in [0.25, 0.3) is 0 Å². The van der Waals surface area contributed by atoms with E-state index in [0.29, 0.717) is 0 Å². The Bertz CT molecular complexity index is 705. The predicted octanol–water partition coefficient (Wildman–Crippen LogP) is 4.18. The number of nitrogens with zero attached hydrogens (tertiary/aromatic N) is 2. The van der Waals surface area contributed by atoms with Crippen molar-refractivity contribution in [3.8, 4) is 5.75 Å². The Kier molecular flexibility index (Phi) is 5.53. The fourth-order valence-electron chi connectivity index (χ4n) is 3.43. The molecule has 2 N–H and O–H groups in total. The molecule has 2 aromatic rings. The first-order chi connectivity index (χ1) is 12.1. The van der Waals surface area contributed by atoms with Crippen molar-refractivity contribution in [3.05, 3.63) is 59.9 Å². The lowest BCUT2D eigenvalue weighted by molar-refractivity contribution is 0.172. The molecular formula is C20H25N3O2. The van der Waals surface area contributed by atoms with Crippen molar-refractivity contribution in [1.82, 2.24) is 15.2 Å². The summed E-state index contributed by atoms with van der Waals surface area (Å²) in [5.74, 6) is 0.211. The number of carbonyl (C=O) groups excluding carboxylic acids is 1. The van der Waals surface area contributed by atoms with Crippen LogP contribution in [-0.4, -0.2) is 27.6 Å². The lowest BCUT2D eigenvalue weighted by atomic mass is 10.0. The van der Waals surface area contributed by atoms with Crippen LogP contribution in [0, 0.1) is 0 Å². The molecule has 2 amide bonds. The van der Waals surface area contributed by atoms with Gasteiger partial charge in [0.05, 0.1) is 12.1 Å². The molecule has 1 aromatic carbocycles. The Hall–Kier alpha value is -2.56. The Morgan fingerprint density at radius 1 is 1.24 bits per heavy atom. The van der Waals surface area contributed by atoms with Crippen LogP contribution in [0.15, 0.2) is 48.8 Å². The van der Waals surface area contributed by atoms with Gasteiger partial charge >= 0.3 is 6.03 Å². The maximum atomic E-state index is 12.9. The molecule has 25 heavy (non-hydrogen) atoms. The summed E-state index contributed by atoms with van der Waals surface area (Å²) in [5, 5.41) is 12.7. The van der Waals surface area contributed by atoms with Crippen molar-refractivity contribution in [2.24, 2.45) is 0 Å². The van der Waals surface area contributed by atoms with Gasteiger partial charge < -0.3 is 15.3 Å². The molecule has 0 aliphatic carbocycles. The molecule has 1 aliphatic rings. The number of amides is 2. The van der Waals surface area contributed by atoms with Crippen LogP contribution in [0.5, 0.6) is 5.75 Å². The van der Waals surface area contributed by atoms with E-state index in [1.165, 1.54) is 0 Å². The number of hydrogen-bond donors (Lipinski definition) is 2. The van der Waals surface area contributed by atoms with E-state index in [4.69, 9.17) is 0 Å². The molecule has 1 saturated heterocycles. The van der Waals surface area contributed by atoms with Gasteiger partial charge in [-0.3, -0.25) is 4.98 Å². The second-order valence-electron chi connectivity index (χ2n) is 6.61. The number of aromatic nitrogens is 1. The summed E-state index contributed by atoms with van der Waals surface area (Å²) in [7, 11) is 0. The monoisotopic (exact) mass is 339 g/mol. The van der Waals surface area contributed by atoms with Crippen molar-refractivity contribution < 1.29 is 9.90 Å². The zero-order valence-electron chi connectivity index (χ0n) is 14.6. The first-order valence-corrected chi connectivity index (χ1v) is 8.91. The summed E-state index contributed by atoms with van der Waals surface area (Å²) in [4.78, 5) is 19.0. The van der Waals surface area contributed by atoms with Gasteiger partial charge in [-0.25, -0.2) is 4.79 Å². The normalized spacial score (nSPS) is 19.1. The second kappa shape index (κ2) is 8.01. The Labute approximate surface area is 148 Å². The average Bonchev–Trinajstić information content (AvgIpc) is 2.88. The second-order valence-corrected chi connectivity index (χ2v) is 6.61. The molecule has 1 aliphatic heterocycles. The fraction of sp³-hybridized carbons (Fsp3) is 0.400. The van der Waals surface area contributed by atoms with E-state index in [-0.39, 0.29) is 23.9 Å². The molecule has 0 unspecified atom stereocenters. The Morgan fingerprint density at radius 3 is 2.80 bits per heavy atom. The number of urea groups is 1. The van der Waals surface area contributed by atoms with Crippen LogP contribution in [-0.2, 0) is 0 Å². The van der Waals surface area contributed by atoms with Crippen molar-refractivity contribution in [3.63, 3.8) is 0 Å². The largest absolute Gasteiger partial charge is 0.508 e. The number of carbonyl (C=O) groups is 1. The number of likely N-dealkylation sites (tertiary alicyclic amines) is 1. The minimum atomic E-state index is -0.166. The number of nitrogens with one attached hydrogen (secondary N) is 1.